The van der Waals surface area contributed by atoms with E-state index in [2.05, 4.69) is 14.8 Å². The van der Waals surface area contributed by atoms with E-state index in [9.17, 15) is 16.8 Å². The first kappa shape index (κ1) is 25.5. The van der Waals surface area contributed by atoms with Crippen LogP contribution in [0.4, 0.5) is 0 Å². The highest BCUT2D eigenvalue weighted by Gasteiger charge is 2.13. The maximum absolute atomic E-state index is 12.2. The van der Waals surface area contributed by atoms with Gasteiger partial charge in [0.1, 0.15) is 0 Å². The Morgan fingerprint density at radius 1 is 0.548 bits per heavy atom. The Kier molecular flexibility index (Phi) is 10.1. The van der Waals surface area contributed by atoms with Crippen LogP contribution in [-0.4, -0.2) is 43.0 Å². The molecule has 31 heavy (non-hydrogen) atoms. The molecule has 2 aromatic carbocycles. The number of aryl methyl sites for hydroxylation is 2. The number of benzene rings is 2. The second-order valence-corrected chi connectivity index (χ2v) is 11.1. The Morgan fingerprint density at radius 2 is 0.871 bits per heavy atom. The molecule has 0 aliphatic heterocycles. The van der Waals surface area contributed by atoms with Crippen molar-refractivity contribution in [1.29, 1.82) is 0 Å². The molecule has 7 nitrogen and oxygen atoms in total. The predicted molar refractivity (Wildman–Crippen MR) is 124 cm³/mol. The number of rotatable bonds is 14. The van der Waals surface area contributed by atoms with E-state index < -0.39 is 20.0 Å². The lowest BCUT2D eigenvalue weighted by Crippen LogP contribution is -2.26. The second-order valence-electron chi connectivity index (χ2n) is 7.59. The Morgan fingerprint density at radius 3 is 1.23 bits per heavy atom. The summed E-state index contributed by atoms with van der Waals surface area (Å²) in [6.07, 6.45) is 3.20. The highest BCUT2D eigenvalue weighted by atomic mass is 32.2. The van der Waals surface area contributed by atoms with Gasteiger partial charge in [0.2, 0.25) is 20.0 Å². The SMILES string of the molecule is Cc1ccc(S(=O)(=O)NCCCCNCCCCNS(=O)(=O)c2ccc(C)cc2)cc1. The first-order valence-corrected chi connectivity index (χ1v) is 13.5. The van der Waals surface area contributed by atoms with Crippen LogP contribution in [0.1, 0.15) is 36.8 Å². The van der Waals surface area contributed by atoms with Gasteiger partial charge in [0.05, 0.1) is 9.79 Å². The van der Waals surface area contributed by atoms with E-state index in [-0.39, 0.29) is 9.79 Å². The summed E-state index contributed by atoms with van der Waals surface area (Å²) in [5, 5.41) is 3.30. The molecule has 0 fully saturated rings. The summed E-state index contributed by atoms with van der Waals surface area (Å²) < 4.78 is 54.0. The van der Waals surface area contributed by atoms with Gasteiger partial charge in [-0.2, -0.15) is 0 Å². The van der Waals surface area contributed by atoms with Gasteiger partial charge in [0, 0.05) is 13.1 Å². The highest BCUT2D eigenvalue weighted by Crippen LogP contribution is 2.10. The molecule has 172 valence electrons. The second kappa shape index (κ2) is 12.3. The van der Waals surface area contributed by atoms with E-state index >= 15 is 0 Å². The first-order chi connectivity index (χ1) is 14.7. The van der Waals surface area contributed by atoms with Crippen LogP contribution in [0.5, 0.6) is 0 Å². The maximum atomic E-state index is 12.2. The molecule has 0 amide bonds. The molecule has 0 saturated heterocycles. The zero-order valence-electron chi connectivity index (χ0n) is 18.2. The maximum Gasteiger partial charge on any atom is 0.240 e. The van der Waals surface area contributed by atoms with Crippen LogP contribution in [0.25, 0.3) is 0 Å². The molecule has 0 aromatic heterocycles. The van der Waals surface area contributed by atoms with Crippen LogP contribution < -0.4 is 14.8 Å². The van der Waals surface area contributed by atoms with Gasteiger partial charge in [0.15, 0.2) is 0 Å². The third-order valence-electron chi connectivity index (χ3n) is 4.81. The summed E-state index contributed by atoms with van der Waals surface area (Å²) in [7, 11) is -6.89. The van der Waals surface area contributed by atoms with Crippen molar-refractivity contribution >= 4 is 20.0 Å². The molecule has 0 radical (unpaired) electrons. The van der Waals surface area contributed by atoms with Crippen molar-refractivity contribution in [3.63, 3.8) is 0 Å². The van der Waals surface area contributed by atoms with Crippen LogP contribution in [-0.2, 0) is 20.0 Å². The van der Waals surface area contributed by atoms with Gasteiger partial charge in [-0.1, -0.05) is 35.4 Å². The van der Waals surface area contributed by atoms with Gasteiger partial charge in [-0.3, -0.25) is 0 Å². The number of hydrogen-bond acceptors (Lipinski definition) is 5. The van der Waals surface area contributed by atoms with E-state index in [1.54, 1.807) is 48.5 Å². The molecular weight excluding hydrogens is 434 g/mol. The number of unbranched alkanes of at least 4 members (excludes halogenated alkanes) is 2. The first-order valence-electron chi connectivity index (χ1n) is 10.5. The van der Waals surface area contributed by atoms with Gasteiger partial charge >= 0.3 is 0 Å². The Hall–Kier alpha value is -1.78. The lowest BCUT2D eigenvalue weighted by molar-refractivity contribution is 0.560. The summed E-state index contributed by atoms with van der Waals surface area (Å²) >= 11 is 0. The fraction of sp³-hybridized carbons (Fsp3) is 0.455. The molecule has 0 bridgehead atoms. The van der Waals surface area contributed by atoms with E-state index in [1.165, 1.54) is 0 Å². The molecular formula is C22H33N3O4S2. The molecule has 0 saturated carbocycles. The molecule has 9 heteroatoms. The third kappa shape index (κ3) is 9.08. The van der Waals surface area contributed by atoms with Crippen LogP contribution in [0.15, 0.2) is 58.3 Å². The minimum absolute atomic E-state index is 0.286. The average Bonchev–Trinajstić information content (AvgIpc) is 2.72. The Labute approximate surface area is 186 Å². The lowest BCUT2D eigenvalue weighted by Gasteiger charge is -2.09. The summed E-state index contributed by atoms with van der Waals surface area (Å²) in [6, 6.07) is 13.6. The smallest absolute Gasteiger partial charge is 0.240 e. The minimum atomic E-state index is -3.45. The largest absolute Gasteiger partial charge is 0.317 e. The molecule has 0 aliphatic carbocycles. The zero-order valence-corrected chi connectivity index (χ0v) is 19.9. The number of hydrogen-bond donors (Lipinski definition) is 3. The number of nitrogens with one attached hydrogen (secondary N) is 3. The molecule has 3 N–H and O–H groups in total. The van der Waals surface area contributed by atoms with Crippen molar-refractivity contribution in [3.05, 3.63) is 59.7 Å². The van der Waals surface area contributed by atoms with Crippen molar-refractivity contribution in [2.45, 2.75) is 49.3 Å². The van der Waals surface area contributed by atoms with Crippen LogP contribution in [0.2, 0.25) is 0 Å². The van der Waals surface area contributed by atoms with E-state index in [0.29, 0.717) is 13.1 Å². The molecule has 2 aromatic rings. The average molecular weight is 468 g/mol. The van der Waals surface area contributed by atoms with Crippen molar-refractivity contribution < 1.29 is 16.8 Å². The normalized spacial score (nSPS) is 12.2. The summed E-state index contributed by atoms with van der Waals surface area (Å²) in [5.74, 6) is 0. The molecule has 0 unspecified atom stereocenters. The van der Waals surface area contributed by atoms with Gasteiger partial charge in [-0.25, -0.2) is 26.3 Å². The standard InChI is InChI=1S/C22H33N3O4S2/c1-19-7-11-21(12-8-19)30(26,27)24-17-5-3-15-23-16-4-6-18-25-31(28,29)22-13-9-20(2)10-14-22/h7-14,23-25H,3-6,15-18H2,1-2H3. The predicted octanol–water partition coefficient (Wildman–Crippen LogP) is 2.71. The quantitative estimate of drug-likeness (QED) is 0.371. The minimum Gasteiger partial charge on any atom is -0.317 e. The third-order valence-corrected chi connectivity index (χ3v) is 7.76. The van der Waals surface area contributed by atoms with Crippen molar-refractivity contribution in [2.75, 3.05) is 26.2 Å². The fourth-order valence-electron chi connectivity index (χ4n) is 2.89. The van der Waals surface area contributed by atoms with Gasteiger partial charge in [-0.15, -0.1) is 0 Å². The van der Waals surface area contributed by atoms with Crippen LogP contribution >= 0.6 is 0 Å². The van der Waals surface area contributed by atoms with E-state index in [0.717, 1.165) is 49.9 Å². The van der Waals surface area contributed by atoms with Crippen molar-refractivity contribution in [2.24, 2.45) is 0 Å². The zero-order chi connectivity index (χ0) is 22.7. The van der Waals surface area contributed by atoms with Crippen molar-refractivity contribution in [1.82, 2.24) is 14.8 Å². The highest BCUT2D eigenvalue weighted by molar-refractivity contribution is 7.89. The number of sulfonamides is 2. The summed E-state index contributed by atoms with van der Waals surface area (Å²) in [4.78, 5) is 0.573. The Bertz CT molecular complexity index is 920. The monoisotopic (exact) mass is 467 g/mol. The topological polar surface area (TPSA) is 104 Å². The van der Waals surface area contributed by atoms with Gasteiger partial charge < -0.3 is 5.32 Å². The molecule has 0 aliphatic rings. The van der Waals surface area contributed by atoms with Gasteiger partial charge in [-0.05, 0) is 76.9 Å². The van der Waals surface area contributed by atoms with Crippen LogP contribution in [0, 0.1) is 13.8 Å². The lowest BCUT2D eigenvalue weighted by atomic mass is 10.2. The summed E-state index contributed by atoms with van der Waals surface area (Å²) in [6.45, 7) is 6.22. The van der Waals surface area contributed by atoms with Crippen molar-refractivity contribution in [3.8, 4) is 0 Å². The molecule has 0 spiro atoms. The molecule has 0 atom stereocenters. The van der Waals surface area contributed by atoms with E-state index in [4.69, 9.17) is 0 Å². The fourth-order valence-corrected chi connectivity index (χ4v) is 5.04. The van der Waals surface area contributed by atoms with Crippen LogP contribution in [0.3, 0.4) is 0 Å². The summed E-state index contributed by atoms with van der Waals surface area (Å²) in [5.41, 5.74) is 2.04. The molecule has 0 heterocycles. The van der Waals surface area contributed by atoms with E-state index in [1.807, 2.05) is 13.8 Å². The molecule has 2 rings (SSSR count). The Balaban J connectivity index is 1.50. The van der Waals surface area contributed by atoms with Gasteiger partial charge in [0.25, 0.3) is 0 Å².